The number of unbranched alkanes of at least 4 members (excludes halogenated alkanes) is 3. The Morgan fingerprint density at radius 1 is 0.946 bits per heavy atom. The normalized spacial score (nSPS) is 13.1. The standard InChI is InChI=1S/C30H51N3O4/c1-10-12-14-15-31-27(34)26(24-19-22(5)18-23(6)20-24)33(16-13-11-2)28(35)25(17-21(3)4)32-29(36)37-30(7,8)9/h18-21,25-26H,10-17H2,1-9H3,(H,31,34)(H,32,36). The van der Waals surface area contributed by atoms with Crippen molar-refractivity contribution < 1.29 is 19.1 Å². The van der Waals surface area contributed by atoms with E-state index < -0.39 is 23.8 Å². The zero-order valence-corrected chi connectivity index (χ0v) is 24.7. The van der Waals surface area contributed by atoms with Gasteiger partial charge in [0.15, 0.2) is 0 Å². The Kier molecular flexibility index (Phi) is 13.7. The van der Waals surface area contributed by atoms with Gasteiger partial charge in [-0.2, -0.15) is 0 Å². The molecule has 0 heterocycles. The molecule has 1 aromatic carbocycles. The second-order valence-electron chi connectivity index (χ2n) is 11.5. The first-order valence-corrected chi connectivity index (χ1v) is 13.9. The average Bonchev–Trinajstić information content (AvgIpc) is 2.76. The number of aryl methyl sites for hydroxylation is 2. The zero-order valence-electron chi connectivity index (χ0n) is 24.7. The predicted octanol–water partition coefficient (Wildman–Crippen LogP) is 6.22. The van der Waals surface area contributed by atoms with Crippen LogP contribution in [0.2, 0.25) is 0 Å². The second-order valence-corrected chi connectivity index (χ2v) is 11.5. The summed E-state index contributed by atoms with van der Waals surface area (Å²) in [6, 6.07) is 4.44. The number of ether oxygens (including phenoxy) is 1. The van der Waals surface area contributed by atoms with Crippen LogP contribution in [-0.4, -0.2) is 47.5 Å². The van der Waals surface area contributed by atoms with E-state index in [0.29, 0.717) is 19.5 Å². The molecule has 0 spiro atoms. The van der Waals surface area contributed by atoms with Gasteiger partial charge in [-0.15, -0.1) is 0 Å². The van der Waals surface area contributed by atoms with Crippen molar-refractivity contribution in [1.29, 1.82) is 0 Å². The first-order valence-electron chi connectivity index (χ1n) is 13.9. The highest BCUT2D eigenvalue weighted by atomic mass is 16.6. The quantitative estimate of drug-likeness (QED) is 0.287. The van der Waals surface area contributed by atoms with Crippen molar-refractivity contribution in [2.75, 3.05) is 13.1 Å². The number of nitrogens with zero attached hydrogens (tertiary/aromatic N) is 1. The molecule has 2 atom stereocenters. The molecule has 0 fully saturated rings. The lowest BCUT2D eigenvalue weighted by molar-refractivity contribution is -0.143. The highest BCUT2D eigenvalue weighted by molar-refractivity contribution is 5.92. The molecule has 7 nitrogen and oxygen atoms in total. The molecule has 0 aliphatic carbocycles. The number of carbonyl (C=O) groups is 3. The molecule has 3 amide bonds. The minimum atomic E-state index is -0.798. The van der Waals surface area contributed by atoms with Gasteiger partial charge in [0.25, 0.3) is 0 Å². The van der Waals surface area contributed by atoms with Gasteiger partial charge < -0.3 is 20.3 Å². The minimum Gasteiger partial charge on any atom is -0.444 e. The molecule has 0 saturated carbocycles. The Balaban J connectivity index is 3.46. The van der Waals surface area contributed by atoms with Crippen molar-refractivity contribution >= 4 is 17.9 Å². The first kappa shape index (κ1) is 32.5. The number of alkyl carbamates (subject to hydrolysis) is 1. The lowest BCUT2D eigenvalue weighted by Crippen LogP contribution is -2.53. The average molecular weight is 518 g/mol. The van der Waals surface area contributed by atoms with Crippen LogP contribution in [0.3, 0.4) is 0 Å². The predicted molar refractivity (Wildman–Crippen MR) is 150 cm³/mol. The molecule has 0 aliphatic rings. The van der Waals surface area contributed by atoms with Gasteiger partial charge in [0.1, 0.15) is 17.7 Å². The fraction of sp³-hybridized carbons (Fsp3) is 0.700. The van der Waals surface area contributed by atoms with E-state index in [1.807, 2.05) is 39.8 Å². The van der Waals surface area contributed by atoms with Crippen LogP contribution < -0.4 is 10.6 Å². The van der Waals surface area contributed by atoms with E-state index in [1.165, 1.54) is 0 Å². The van der Waals surface area contributed by atoms with Gasteiger partial charge in [0.2, 0.25) is 11.8 Å². The SMILES string of the molecule is CCCCCNC(=O)C(c1cc(C)cc(C)c1)N(CCCC)C(=O)C(CC(C)C)NC(=O)OC(C)(C)C. The Morgan fingerprint density at radius 2 is 1.54 bits per heavy atom. The van der Waals surface area contributed by atoms with E-state index in [9.17, 15) is 14.4 Å². The summed E-state index contributed by atoms with van der Waals surface area (Å²) in [6.07, 6.45) is 4.41. The Labute approximate surface area is 225 Å². The summed E-state index contributed by atoms with van der Waals surface area (Å²) >= 11 is 0. The van der Waals surface area contributed by atoms with Crippen LogP contribution in [0.5, 0.6) is 0 Å². The summed E-state index contributed by atoms with van der Waals surface area (Å²) in [5, 5.41) is 5.88. The first-order chi connectivity index (χ1) is 17.3. The van der Waals surface area contributed by atoms with E-state index in [2.05, 4.69) is 30.5 Å². The van der Waals surface area contributed by atoms with Gasteiger partial charge >= 0.3 is 6.09 Å². The van der Waals surface area contributed by atoms with E-state index in [0.717, 1.165) is 48.8 Å². The van der Waals surface area contributed by atoms with E-state index in [-0.39, 0.29) is 17.7 Å². The van der Waals surface area contributed by atoms with Crippen LogP contribution in [-0.2, 0) is 14.3 Å². The molecule has 0 aliphatic heterocycles. The Hall–Kier alpha value is -2.57. The number of benzene rings is 1. The molecule has 0 saturated heterocycles. The van der Waals surface area contributed by atoms with Gasteiger partial charge in [-0.25, -0.2) is 4.79 Å². The van der Waals surface area contributed by atoms with Gasteiger partial charge in [0.05, 0.1) is 0 Å². The lowest BCUT2D eigenvalue weighted by atomic mass is 9.96. The maximum Gasteiger partial charge on any atom is 0.408 e. The molecule has 0 radical (unpaired) electrons. The molecule has 1 aromatic rings. The maximum atomic E-state index is 14.1. The topological polar surface area (TPSA) is 87.7 Å². The molecule has 0 aromatic heterocycles. The molecule has 210 valence electrons. The molecule has 0 bridgehead atoms. The fourth-order valence-electron chi connectivity index (χ4n) is 4.36. The largest absolute Gasteiger partial charge is 0.444 e. The molecular weight excluding hydrogens is 466 g/mol. The zero-order chi connectivity index (χ0) is 28.2. The van der Waals surface area contributed by atoms with Gasteiger partial charge in [0, 0.05) is 13.1 Å². The van der Waals surface area contributed by atoms with Crippen LogP contribution in [0, 0.1) is 19.8 Å². The number of rotatable bonds is 14. The Morgan fingerprint density at radius 3 is 2.05 bits per heavy atom. The number of carbonyl (C=O) groups excluding carboxylic acids is 3. The van der Waals surface area contributed by atoms with Crippen LogP contribution >= 0.6 is 0 Å². The third-order valence-corrected chi connectivity index (χ3v) is 5.93. The number of nitrogens with one attached hydrogen (secondary N) is 2. The van der Waals surface area contributed by atoms with Crippen LogP contribution in [0.15, 0.2) is 18.2 Å². The molecule has 1 rings (SSSR count). The van der Waals surface area contributed by atoms with Crippen molar-refractivity contribution in [1.82, 2.24) is 15.5 Å². The van der Waals surface area contributed by atoms with E-state index in [4.69, 9.17) is 4.74 Å². The van der Waals surface area contributed by atoms with E-state index in [1.54, 1.807) is 25.7 Å². The highest BCUT2D eigenvalue weighted by Crippen LogP contribution is 2.26. The summed E-state index contributed by atoms with van der Waals surface area (Å²) < 4.78 is 5.46. The van der Waals surface area contributed by atoms with Gasteiger partial charge in [-0.1, -0.05) is 76.3 Å². The monoisotopic (exact) mass is 517 g/mol. The van der Waals surface area contributed by atoms with Crippen molar-refractivity contribution in [3.8, 4) is 0 Å². The summed E-state index contributed by atoms with van der Waals surface area (Å²) in [5.41, 5.74) is 2.17. The Bertz CT molecular complexity index is 856. The number of hydrogen-bond donors (Lipinski definition) is 2. The van der Waals surface area contributed by atoms with Crippen LogP contribution in [0.4, 0.5) is 4.79 Å². The molecular formula is C30H51N3O4. The summed E-state index contributed by atoms with van der Waals surface area (Å²) in [5.74, 6) is -0.300. The number of hydrogen-bond acceptors (Lipinski definition) is 4. The summed E-state index contributed by atoms with van der Waals surface area (Å²) in [4.78, 5) is 42.1. The lowest BCUT2D eigenvalue weighted by Gasteiger charge is -2.35. The van der Waals surface area contributed by atoms with Gasteiger partial charge in [-0.05, 0) is 65.4 Å². The van der Waals surface area contributed by atoms with Crippen LogP contribution in [0.1, 0.15) is 110 Å². The third kappa shape index (κ3) is 12.0. The minimum absolute atomic E-state index is 0.152. The number of amides is 3. The molecule has 7 heteroatoms. The molecule has 37 heavy (non-hydrogen) atoms. The smallest absolute Gasteiger partial charge is 0.408 e. The van der Waals surface area contributed by atoms with Crippen molar-refractivity contribution in [2.24, 2.45) is 5.92 Å². The summed E-state index contributed by atoms with van der Waals surface area (Å²) in [6.45, 7) is 18.5. The fourth-order valence-corrected chi connectivity index (χ4v) is 4.36. The highest BCUT2D eigenvalue weighted by Gasteiger charge is 2.36. The van der Waals surface area contributed by atoms with Gasteiger partial charge in [-0.3, -0.25) is 9.59 Å². The summed E-state index contributed by atoms with van der Waals surface area (Å²) in [7, 11) is 0. The molecule has 2 unspecified atom stereocenters. The van der Waals surface area contributed by atoms with Crippen molar-refractivity contribution in [3.63, 3.8) is 0 Å². The van der Waals surface area contributed by atoms with Crippen LogP contribution in [0.25, 0.3) is 0 Å². The van der Waals surface area contributed by atoms with E-state index >= 15 is 0 Å². The molecule has 2 N–H and O–H groups in total. The maximum absolute atomic E-state index is 14.1. The second kappa shape index (κ2) is 15.6. The van der Waals surface area contributed by atoms with Crippen molar-refractivity contribution in [3.05, 3.63) is 34.9 Å². The third-order valence-electron chi connectivity index (χ3n) is 5.93. The van der Waals surface area contributed by atoms with Crippen molar-refractivity contribution in [2.45, 2.75) is 119 Å².